The van der Waals surface area contributed by atoms with E-state index in [1.54, 1.807) is 7.05 Å². The number of nitrogens with one attached hydrogen (secondary N) is 1. The molecule has 0 aliphatic heterocycles. The normalized spacial score (nSPS) is 11.5. The quantitative estimate of drug-likeness (QED) is 0.343. The van der Waals surface area contributed by atoms with Gasteiger partial charge in [-0.05, 0) is 25.0 Å². The lowest BCUT2D eigenvalue weighted by Crippen LogP contribution is -2.21. The number of hydrogen-bond donors (Lipinski definition) is 3. The number of anilines is 1. The van der Waals surface area contributed by atoms with Crippen LogP contribution in [0.15, 0.2) is 29.6 Å². The van der Waals surface area contributed by atoms with Gasteiger partial charge in [0.05, 0.1) is 11.8 Å². The number of carbonyl (C=O) groups excluding carboxylic acids is 1. The molecular weight excluding hydrogens is 270 g/mol. The fourth-order valence-electron chi connectivity index (χ4n) is 2.17. The Morgan fingerprint density at radius 3 is 2.57 bits per heavy atom. The zero-order valence-electron chi connectivity index (χ0n) is 12.1. The highest BCUT2D eigenvalue weighted by Gasteiger charge is 2.18. The molecule has 0 radical (unpaired) electrons. The monoisotopic (exact) mass is 287 g/mol. The summed E-state index contributed by atoms with van der Waals surface area (Å²) in [5, 5.41) is 18.5. The minimum absolute atomic E-state index is 0.111. The molecular formula is C14H17N5O2. The van der Waals surface area contributed by atoms with Crippen molar-refractivity contribution >= 4 is 17.6 Å². The second-order valence-corrected chi connectivity index (χ2v) is 4.74. The molecule has 0 aliphatic rings. The lowest BCUT2D eigenvalue weighted by atomic mass is 10.0. The van der Waals surface area contributed by atoms with Crippen molar-refractivity contribution in [3.63, 3.8) is 0 Å². The molecule has 0 saturated heterocycles. The van der Waals surface area contributed by atoms with Gasteiger partial charge in [0.25, 0.3) is 5.91 Å². The molecule has 0 fully saturated rings. The number of amides is 1. The van der Waals surface area contributed by atoms with Gasteiger partial charge in [0.2, 0.25) is 0 Å². The van der Waals surface area contributed by atoms with Crippen LogP contribution in [0, 0.1) is 13.8 Å². The van der Waals surface area contributed by atoms with Crippen LogP contribution >= 0.6 is 0 Å². The van der Waals surface area contributed by atoms with Gasteiger partial charge in [-0.3, -0.25) is 9.48 Å². The molecule has 1 heterocycles. The van der Waals surface area contributed by atoms with E-state index in [2.05, 4.69) is 15.6 Å². The van der Waals surface area contributed by atoms with Crippen LogP contribution in [0.25, 0.3) is 0 Å². The molecule has 0 spiro atoms. The number of nitrogens with zero attached hydrogens (tertiary/aromatic N) is 3. The van der Waals surface area contributed by atoms with Crippen LogP contribution in [-0.2, 0) is 7.05 Å². The molecule has 1 aromatic carbocycles. The van der Waals surface area contributed by atoms with E-state index >= 15 is 0 Å². The first-order valence-corrected chi connectivity index (χ1v) is 6.33. The first-order valence-electron chi connectivity index (χ1n) is 6.33. The van der Waals surface area contributed by atoms with E-state index in [0.717, 1.165) is 11.1 Å². The van der Waals surface area contributed by atoms with Crippen molar-refractivity contribution in [3.05, 3.63) is 46.6 Å². The number of aryl methyl sites for hydroxylation is 3. The van der Waals surface area contributed by atoms with Crippen LogP contribution in [0.4, 0.5) is 5.82 Å². The van der Waals surface area contributed by atoms with Gasteiger partial charge in [-0.25, -0.2) is 0 Å². The predicted molar refractivity (Wildman–Crippen MR) is 79.6 cm³/mol. The van der Waals surface area contributed by atoms with Crippen molar-refractivity contribution in [3.8, 4) is 0 Å². The third-order valence-corrected chi connectivity index (χ3v) is 3.26. The number of aromatic nitrogens is 2. The molecule has 110 valence electrons. The van der Waals surface area contributed by atoms with Gasteiger partial charge >= 0.3 is 0 Å². The highest BCUT2D eigenvalue weighted by Crippen LogP contribution is 2.18. The van der Waals surface area contributed by atoms with E-state index in [1.165, 1.54) is 10.9 Å². The van der Waals surface area contributed by atoms with E-state index in [4.69, 9.17) is 10.9 Å². The molecule has 0 saturated carbocycles. The van der Waals surface area contributed by atoms with Crippen molar-refractivity contribution < 1.29 is 10.0 Å². The topological polar surface area (TPSA) is 106 Å². The van der Waals surface area contributed by atoms with Crippen LogP contribution in [0.2, 0.25) is 0 Å². The van der Waals surface area contributed by atoms with Gasteiger partial charge in [-0.2, -0.15) is 5.10 Å². The molecule has 0 bridgehead atoms. The summed E-state index contributed by atoms with van der Waals surface area (Å²) >= 11 is 0. The summed E-state index contributed by atoms with van der Waals surface area (Å²) in [6.07, 6.45) is 1.43. The Bertz CT molecular complexity index is 698. The number of hydrogen-bond acceptors (Lipinski definition) is 4. The number of oxime groups is 1. The molecule has 0 aliphatic carbocycles. The van der Waals surface area contributed by atoms with Crippen LogP contribution in [-0.4, -0.2) is 26.7 Å². The first-order chi connectivity index (χ1) is 9.95. The zero-order chi connectivity index (χ0) is 15.6. The van der Waals surface area contributed by atoms with Crippen LogP contribution < -0.4 is 11.1 Å². The van der Waals surface area contributed by atoms with Crippen LogP contribution in [0.1, 0.15) is 27.0 Å². The van der Waals surface area contributed by atoms with Gasteiger partial charge in [-0.15, -0.1) is 0 Å². The Kier molecular flexibility index (Phi) is 3.93. The van der Waals surface area contributed by atoms with E-state index in [0.29, 0.717) is 16.9 Å². The summed E-state index contributed by atoms with van der Waals surface area (Å²) in [7, 11) is 1.66. The van der Waals surface area contributed by atoms with E-state index in [9.17, 15) is 4.79 Å². The minimum Gasteiger partial charge on any atom is -0.409 e. The standard InChI is InChI=1S/C14H17N5O2/c1-8-5-4-6-9(2)11(8)14(20)17-13-10(12(15)18-21)7-16-19(13)3/h4-7,21H,1-3H3,(H2,15,18)(H,17,20). The summed E-state index contributed by atoms with van der Waals surface area (Å²) in [4.78, 5) is 12.5. The Hall–Kier alpha value is -2.83. The largest absolute Gasteiger partial charge is 0.409 e. The average Bonchev–Trinajstić information content (AvgIpc) is 2.79. The molecule has 0 unspecified atom stereocenters. The molecule has 21 heavy (non-hydrogen) atoms. The number of carbonyl (C=O) groups is 1. The van der Waals surface area contributed by atoms with E-state index in [-0.39, 0.29) is 11.7 Å². The number of amidine groups is 1. The highest BCUT2D eigenvalue weighted by atomic mass is 16.4. The van der Waals surface area contributed by atoms with Crippen LogP contribution in [0.5, 0.6) is 0 Å². The minimum atomic E-state index is -0.263. The SMILES string of the molecule is Cc1cccc(C)c1C(=O)Nc1c(/C(N)=N/O)cnn1C. The average molecular weight is 287 g/mol. The molecule has 4 N–H and O–H groups in total. The lowest BCUT2D eigenvalue weighted by molar-refractivity contribution is 0.102. The van der Waals surface area contributed by atoms with Gasteiger partial charge in [0, 0.05) is 12.6 Å². The fraction of sp³-hybridized carbons (Fsp3) is 0.214. The number of rotatable bonds is 3. The predicted octanol–water partition coefficient (Wildman–Crippen LogP) is 1.38. The van der Waals surface area contributed by atoms with Crippen molar-refractivity contribution in [1.29, 1.82) is 0 Å². The fourth-order valence-corrected chi connectivity index (χ4v) is 2.17. The Morgan fingerprint density at radius 1 is 1.38 bits per heavy atom. The first kappa shape index (κ1) is 14.6. The molecule has 2 rings (SSSR count). The van der Waals surface area contributed by atoms with Gasteiger partial charge in [0.15, 0.2) is 5.84 Å². The second-order valence-electron chi connectivity index (χ2n) is 4.74. The summed E-state index contributed by atoms with van der Waals surface area (Å²) < 4.78 is 1.46. The Balaban J connectivity index is 2.39. The zero-order valence-corrected chi connectivity index (χ0v) is 12.1. The van der Waals surface area contributed by atoms with Crippen molar-refractivity contribution in [2.24, 2.45) is 17.9 Å². The molecule has 1 aromatic heterocycles. The smallest absolute Gasteiger partial charge is 0.257 e. The number of nitrogens with two attached hydrogens (primary N) is 1. The lowest BCUT2D eigenvalue weighted by Gasteiger charge is -2.11. The van der Waals surface area contributed by atoms with Gasteiger partial charge in [-0.1, -0.05) is 23.4 Å². The molecule has 0 atom stereocenters. The Labute approximate surface area is 122 Å². The second kappa shape index (κ2) is 5.66. The third kappa shape index (κ3) is 2.71. The maximum absolute atomic E-state index is 12.5. The highest BCUT2D eigenvalue weighted by molar-refractivity contribution is 6.10. The molecule has 7 heteroatoms. The van der Waals surface area contributed by atoms with Crippen molar-refractivity contribution in [1.82, 2.24) is 9.78 Å². The third-order valence-electron chi connectivity index (χ3n) is 3.26. The van der Waals surface area contributed by atoms with Crippen LogP contribution in [0.3, 0.4) is 0 Å². The summed E-state index contributed by atoms with van der Waals surface area (Å²) in [6.45, 7) is 3.74. The molecule has 7 nitrogen and oxygen atoms in total. The van der Waals surface area contributed by atoms with E-state index in [1.807, 2.05) is 32.0 Å². The van der Waals surface area contributed by atoms with Gasteiger partial charge in [0.1, 0.15) is 5.82 Å². The molecule has 1 amide bonds. The molecule has 2 aromatic rings. The van der Waals surface area contributed by atoms with Crippen molar-refractivity contribution in [2.45, 2.75) is 13.8 Å². The van der Waals surface area contributed by atoms with E-state index < -0.39 is 0 Å². The summed E-state index contributed by atoms with van der Waals surface area (Å²) in [5.74, 6) is -0.000881. The van der Waals surface area contributed by atoms with Gasteiger partial charge < -0.3 is 16.3 Å². The maximum atomic E-state index is 12.5. The Morgan fingerprint density at radius 2 is 2.00 bits per heavy atom. The number of benzene rings is 1. The summed E-state index contributed by atoms with van der Waals surface area (Å²) in [6, 6.07) is 5.64. The summed E-state index contributed by atoms with van der Waals surface area (Å²) in [5.41, 5.74) is 8.29. The maximum Gasteiger partial charge on any atom is 0.257 e. The van der Waals surface area contributed by atoms with Crippen molar-refractivity contribution in [2.75, 3.05) is 5.32 Å².